The van der Waals surface area contributed by atoms with Crippen molar-refractivity contribution in [2.45, 2.75) is 0 Å². The Morgan fingerprint density at radius 2 is 1.00 bits per heavy atom. The number of ether oxygens (including phenoxy) is 1. The highest BCUT2D eigenvalue weighted by Crippen LogP contribution is 2.36. The predicted molar refractivity (Wildman–Crippen MR) is 216 cm³/mol. The van der Waals surface area contributed by atoms with Crippen molar-refractivity contribution in [1.29, 1.82) is 0 Å². The topological polar surface area (TPSA) is 54.0 Å². The molecular formula is C48H31N4O+. The van der Waals surface area contributed by atoms with Gasteiger partial charge < -0.3 is 9.30 Å². The van der Waals surface area contributed by atoms with Crippen LogP contribution in [0, 0.1) is 0 Å². The fourth-order valence-electron chi connectivity index (χ4n) is 7.22. The first kappa shape index (κ1) is 30.5. The van der Waals surface area contributed by atoms with E-state index in [-0.39, 0.29) is 0 Å². The van der Waals surface area contributed by atoms with Gasteiger partial charge in [0.05, 0.1) is 22.4 Å². The van der Waals surface area contributed by atoms with Crippen LogP contribution in [-0.2, 0) is 4.74 Å². The molecule has 2 aromatic heterocycles. The van der Waals surface area contributed by atoms with Gasteiger partial charge in [-0.1, -0.05) is 140 Å². The van der Waals surface area contributed by atoms with Gasteiger partial charge in [0.25, 0.3) is 0 Å². The average Bonchev–Trinajstić information content (AvgIpc) is 3.55. The highest BCUT2D eigenvalue weighted by Gasteiger charge is 2.37. The van der Waals surface area contributed by atoms with Gasteiger partial charge in [0.1, 0.15) is 11.1 Å². The first-order valence-electron chi connectivity index (χ1n) is 17.7. The van der Waals surface area contributed by atoms with E-state index in [9.17, 15) is 0 Å². The fraction of sp³-hybridized carbons (Fsp3) is 0. The SMILES string of the molecule is c1ccc(-c2cccc(C3=[N+]=C(c4ccccc4-c4cc(-c5ccccc5)nc(-c5ccc6c7ccccc7n(-c7ccccc7)c6c5)n4)O3)c2)cc1. The van der Waals surface area contributed by atoms with Gasteiger partial charge in [0, 0.05) is 37.8 Å². The maximum atomic E-state index is 6.35. The van der Waals surface area contributed by atoms with Crippen molar-refractivity contribution in [3.8, 4) is 50.7 Å². The van der Waals surface area contributed by atoms with Gasteiger partial charge in [-0.2, -0.15) is 0 Å². The monoisotopic (exact) mass is 679 g/mol. The summed E-state index contributed by atoms with van der Waals surface area (Å²) in [5.41, 5.74) is 11.9. The number of hydrogen-bond donors (Lipinski definition) is 0. The maximum absolute atomic E-state index is 6.35. The lowest BCUT2D eigenvalue weighted by atomic mass is 10.0. The van der Waals surface area contributed by atoms with Gasteiger partial charge in [-0.3, -0.25) is 0 Å². The zero-order valence-corrected chi connectivity index (χ0v) is 28.6. The molecule has 7 aromatic carbocycles. The van der Waals surface area contributed by atoms with Crippen molar-refractivity contribution >= 4 is 33.6 Å². The molecule has 0 atom stereocenters. The summed E-state index contributed by atoms with van der Waals surface area (Å²) in [6.45, 7) is 0. The summed E-state index contributed by atoms with van der Waals surface area (Å²) in [7, 11) is 0. The minimum Gasteiger partial charge on any atom is -0.321 e. The Kier molecular flexibility index (Phi) is 7.35. The lowest BCUT2D eigenvalue weighted by Gasteiger charge is -2.12. The molecule has 0 bridgehead atoms. The number of rotatable bonds is 7. The van der Waals surface area contributed by atoms with Gasteiger partial charge in [-0.15, -0.1) is 0 Å². The summed E-state index contributed by atoms with van der Waals surface area (Å²) in [5, 5.41) is 2.38. The van der Waals surface area contributed by atoms with Crippen molar-refractivity contribution in [1.82, 2.24) is 19.2 Å². The van der Waals surface area contributed by atoms with Crippen LogP contribution >= 0.6 is 0 Å². The van der Waals surface area contributed by atoms with Crippen molar-refractivity contribution in [3.05, 3.63) is 199 Å². The summed E-state index contributed by atoms with van der Waals surface area (Å²) >= 11 is 0. The summed E-state index contributed by atoms with van der Waals surface area (Å²) in [6.07, 6.45) is 0. The molecule has 0 saturated carbocycles. The summed E-state index contributed by atoms with van der Waals surface area (Å²) < 4.78 is 13.6. The van der Waals surface area contributed by atoms with Crippen LogP contribution in [-0.4, -0.2) is 26.3 Å². The standard InChI is InChI=1S/C48H31N4O/c1-4-15-32(16-5-1)34-19-14-20-36(29-34)47-51-48(53-47)41-25-11-10-23-38(41)43-31-42(33-17-6-2-7-18-33)49-46(50-43)35-27-28-40-39-24-12-13-26-44(39)52(45(40)30-35)37-21-8-3-9-22-37/h1-31H/q+1. The Labute approximate surface area is 306 Å². The molecular weight excluding hydrogens is 649 g/mol. The van der Waals surface area contributed by atoms with Gasteiger partial charge >= 0.3 is 11.8 Å². The van der Waals surface area contributed by atoms with E-state index in [1.54, 1.807) is 0 Å². The predicted octanol–water partition coefficient (Wildman–Crippen LogP) is 10.5. The minimum atomic E-state index is 0.566. The molecule has 1 aliphatic heterocycles. The van der Waals surface area contributed by atoms with Crippen LogP contribution in [0.1, 0.15) is 11.1 Å². The third kappa shape index (κ3) is 5.49. The van der Waals surface area contributed by atoms with Crippen LogP contribution in [0.4, 0.5) is 0 Å². The van der Waals surface area contributed by atoms with E-state index < -0.39 is 0 Å². The summed E-state index contributed by atoms with van der Waals surface area (Å²) in [5.74, 6) is 1.81. The fourth-order valence-corrected chi connectivity index (χ4v) is 7.22. The highest BCUT2D eigenvalue weighted by atomic mass is 16.5. The number of para-hydroxylation sites is 2. The van der Waals surface area contributed by atoms with Gasteiger partial charge in [-0.25, -0.2) is 9.97 Å². The first-order chi connectivity index (χ1) is 26.3. The third-order valence-electron chi connectivity index (χ3n) is 9.79. The van der Waals surface area contributed by atoms with Crippen molar-refractivity contribution in [2.24, 2.45) is 0 Å². The Hall–Kier alpha value is -7.33. The zero-order chi connectivity index (χ0) is 35.1. The highest BCUT2D eigenvalue weighted by molar-refractivity contribution is 6.16. The van der Waals surface area contributed by atoms with Gasteiger partial charge in [-0.05, 0) is 59.7 Å². The molecule has 5 nitrogen and oxygen atoms in total. The molecule has 0 radical (unpaired) electrons. The van der Waals surface area contributed by atoms with Gasteiger partial charge in [0.2, 0.25) is 0 Å². The Bertz CT molecular complexity index is 2890. The molecule has 0 saturated heterocycles. The molecule has 0 fully saturated rings. The average molecular weight is 680 g/mol. The largest absolute Gasteiger partial charge is 0.511 e. The van der Waals surface area contributed by atoms with E-state index in [1.165, 1.54) is 10.8 Å². The molecule has 0 N–H and O–H groups in total. The minimum absolute atomic E-state index is 0.566. The molecule has 10 rings (SSSR count). The van der Waals surface area contributed by atoms with E-state index in [2.05, 4.69) is 120 Å². The van der Waals surface area contributed by atoms with Crippen molar-refractivity contribution in [3.63, 3.8) is 0 Å². The van der Waals surface area contributed by atoms with Crippen LogP contribution in [0.15, 0.2) is 188 Å². The Balaban J connectivity index is 1.11. The van der Waals surface area contributed by atoms with Crippen LogP contribution in [0.2, 0.25) is 0 Å². The molecule has 0 aliphatic carbocycles. The number of hydrogen-bond acceptors (Lipinski definition) is 3. The van der Waals surface area contributed by atoms with E-state index in [0.29, 0.717) is 17.6 Å². The molecule has 0 spiro atoms. The second-order valence-electron chi connectivity index (χ2n) is 13.1. The quantitative estimate of drug-likeness (QED) is 0.158. The molecule has 1 aliphatic rings. The third-order valence-corrected chi connectivity index (χ3v) is 9.79. The maximum Gasteiger partial charge on any atom is 0.511 e. The molecule has 0 unspecified atom stereocenters. The van der Waals surface area contributed by atoms with E-state index in [1.807, 2.05) is 72.8 Å². The molecule has 3 heterocycles. The second-order valence-corrected chi connectivity index (χ2v) is 13.1. The smallest absolute Gasteiger partial charge is 0.321 e. The number of fused-ring (bicyclic) bond motifs is 3. The number of aromatic nitrogens is 3. The van der Waals surface area contributed by atoms with Crippen molar-refractivity contribution < 1.29 is 4.74 Å². The van der Waals surface area contributed by atoms with E-state index >= 15 is 0 Å². The molecule has 248 valence electrons. The summed E-state index contributed by atoms with van der Waals surface area (Å²) in [6, 6.07) is 64.7. The molecule has 53 heavy (non-hydrogen) atoms. The van der Waals surface area contributed by atoms with Crippen LogP contribution in [0.25, 0.3) is 72.5 Å². The van der Waals surface area contributed by atoms with Crippen LogP contribution in [0.5, 0.6) is 0 Å². The van der Waals surface area contributed by atoms with E-state index in [0.717, 1.165) is 67.1 Å². The first-order valence-corrected chi connectivity index (χ1v) is 17.7. The van der Waals surface area contributed by atoms with E-state index in [4.69, 9.17) is 19.4 Å². The Morgan fingerprint density at radius 1 is 0.396 bits per heavy atom. The number of nitrogens with zero attached hydrogens (tertiary/aromatic N) is 4. The lowest BCUT2D eigenvalue weighted by Crippen LogP contribution is -2.30. The molecule has 9 aromatic rings. The summed E-state index contributed by atoms with van der Waals surface area (Å²) in [4.78, 5) is 10.4. The second kappa shape index (κ2) is 12.8. The van der Waals surface area contributed by atoms with Gasteiger partial charge in [0.15, 0.2) is 5.82 Å². The van der Waals surface area contributed by atoms with Crippen LogP contribution in [0.3, 0.4) is 0 Å². The zero-order valence-electron chi connectivity index (χ0n) is 28.6. The van der Waals surface area contributed by atoms with Crippen molar-refractivity contribution in [2.75, 3.05) is 0 Å². The molecule has 5 heteroatoms. The lowest BCUT2D eigenvalue weighted by molar-refractivity contribution is 0.511. The van der Waals surface area contributed by atoms with Crippen LogP contribution < -0.4 is 4.67 Å². The molecule has 0 amide bonds. The normalized spacial score (nSPS) is 12.2. The Morgan fingerprint density at radius 3 is 1.79 bits per heavy atom. The number of benzene rings is 7.